The van der Waals surface area contributed by atoms with Crippen LogP contribution in [0.2, 0.25) is 0 Å². The highest BCUT2D eigenvalue weighted by Gasteiger charge is 2.21. The van der Waals surface area contributed by atoms with Gasteiger partial charge in [0.1, 0.15) is 21.5 Å². The highest BCUT2D eigenvalue weighted by atomic mass is 32.1. The Kier molecular flexibility index (Phi) is 9.92. The third-order valence-corrected chi connectivity index (χ3v) is 8.48. The van der Waals surface area contributed by atoms with Crippen LogP contribution in [0.3, 0.4) is 0 Å². The Labute approximate surface area is 272 Å². The maximum absolute atomic E-state index is 13.4. The fourth-order valence-electron chi connectivity index (χ4n) is 5.12. The Balaban J connectivity index is 1.14. The van der Waals surface area contributed by atoms with E-state index in [9.17, 15) is 4.79 Å². The van der Waals surface area contributed by atoms with Gasteiger partial charge in [0.05, 0.1) is 24.9 Å². The lowest BCUT2D eigenvalue weighted by molar-refractivity contribution is 0.103. The van der Waals surface area contributed by atoms with Gasteiger partial charge in [-0.25, -0.2) is 4.98 Å². The molecule has 8 nitrogen and oxygen atoms in total. The van der Waals surface area contributed by atoms with Crippen LogP contribution in [0.25, 0.3) is 11.5 Å². The molecule has 2 heterocycles. The van der Waals surface area contributed by atoms with Crippen molar-refractivity contribution in [3.05, 3.63) is 147 Å². The van der Waals surface area contributed by atoms with Crippen LogP contribution in [-0.4, -0.2) is 34.7 Å². The van der Waals surface area contributed by atoms with Crippen molar-refractivity contribution in [2.75, 3.05) is 19.0 Å². The minimum Gasteiger partial charge on any atom is -0.493 e. The molecule has 6 rings (SSSR count). The van der Waals surface area contributed by atoms with Gasteiger partial charge in [0, 0.05) is 35.9 Å². The SMILES string of the molecule is COCc1nnc([C@H](Cc2ccc(OCCc3nc(-c4ccccc4)oc3C)cc2)Nc2ccccc2C(=O)c2ccccc2)s1. The Morgan fingerprint density at radius 2 is 1.61 bits per heavy atom. The van der Waals surface area contributed by atoms with Crippen molar-refractivity contribution in [2.45, 2.75) is 32.4 Å². The van der Waals surface area contributed by atoms with Gasteiger partial charge in [0.2, 0.25) is 5.89 Å². The first-order valence-corrected chi connectivity index (χ1v) is 15.9. The maximum atomic E-state index is 13.4. The molecule has 9 heteroatoms. The summed E-state index contributed by atoms with van der Waals surface area (Å²) in [5, 5.41) is 14.0. The van der Waals surface area contributed by atoms with Crippen molar-refractivity contribution in [3.8, 4) is 17.2 Å². The molecule has 0 fully saturated rings. The van der Waals surface area contributed by atoms with E-state index in [0.717, 1.165) is 44.0 Å². The van der Waals surface area contributed by atoms with Gasteiger partial charge in [-0.15, -0.1) is 10.2 Å². The van der Waals surface area contributed by atoms with E-state index in [1.54, 1.807) is 7.11 Å². The lowest BCUT2D eigenvalue weighted by Crippen LogP contribution is -2.16. The topological polar surface area (TPSA) is 99.4 Å². The zero-order chi connectivity index (χ0) is 31.7. The van der Waals surface area contributed by atoms with Gasteiger partial charge >= 0.3 is 0 Å². The van der Waals surface area contributed by atoms with E-state index in [1.807, 2.05) is 104 Å². The van der Waals surface area contributed by atoms with E-state index in [-0.39, 0.29) is 11.8 Å². The largest absolute Gasteiger partial charge is 0.493 e. The summed E-state index contributed by atoms with van der Waals surface area (Å²) in [6, 6.07) is 34.6. The summed E-state index contributed by atoms with van der Waals surface area (Å²) in [6.07, 6.45) is 1.26. The summed E-state index contributed by atoms with van der Waals surface area (Å²) in [7, 11) is 1.64. The fraction of sp³-hybridized carbons (Fsp3) is 0.189. The number of para-hydroxylation sites is 1. The number of ether oxygens (including phenoxy) is 2. The number of anilines is 1. The second-order valence-corrected chi connectivity index (χ2v) is 11.8. The third-order valence-electron chi connectivity index (χ3n) is 7.47. The summed E-state index contributed by atoms with van der Waals surface area (Å²) < 4.78 is 17.2. The molecule has 0 spiro atoms. The molecule has 6 aromatic rings. The monoisotopic (exact) mass is 630 g/mol. The first-order chi connectivity index (χ1) is 22.6. The zero-order valence-corrected chi connectivity index (χ0v) is 26.5. The molecule has 0 aliphatic heterocycles. The van der Waals surface area contributed by atoms with Crippen LogP contribution in [0, 0.1) is 6.92 Å². The molecule has 0 saturated heterocycles. The molecule has 2 aromatic heterocycles. The van der Waals surface area contributed by atoms with Crippen LogP contribution in [-0.2, 0) is 24.2 Å². The van der Waals surface area contributed by atoms with Crippen molar-refractivity contribution in [3.63, 3.8) is 0 Å². The number of oxazole rings is 1. The normalized spacial score (nSPS) is 11.7. The van der Waals surface area contributed by atoms with E-state index in [1.165, 1.54) is 11.3 Å². The van der Waals surface area contributed by atoms with Crippen molar-refractivity contribution >= 4 is 22.8 Å². The highest BCUT2D eigenvalue weighted by molar-refractivity contribution is 7.11. The summed E-state index contributed by atoms with van der Waals surface area (Å²) in [6.45, 7) is 2.80. The predicted octanol–water partition coefficient (Wildman–Crippen LogP) is 7.90. The highest BCUT2D eigenvalue weighted by Crippen LogP contribution is 2.30. The molecule has 46 heavy (non-hydrogen) atoms. The molecule has 0 bridgehead atoms. The average molecular weight is 631 g/mol. The second kappa shape index (κ2) is 14.8. The van der Waals surface area contributed by atoms with Gasteiger partial charge in [0.25, 0.3) is 0 Å². The molecule has 0 aliphatic carbocycles. The number of aryl methyl sites for hydroxylation is 1. The quantitative estimate of drug-likeness (QED) is 0.121. The minimum absolute atomic E-state index is 0.0432. The van der Waals surface area contributed by atoms with E-state index >= 15 is 0 Å². The number of ketones is 1. The number of carbonyl (C=O) groups excluding carboxylic acids is 1. The van der Waals surface area contributed by atoms with Crippen molar-refractivity contribution < 1.29 is 18.7 Å². The van der Waals surface area contributed by atoms with Gasteiger partial charge in [-0.05, 0) is 55.3 Å². The lowest BCUT2D eigenvalue weighted by Gasteiger charge is -2.20. The molecule has 0 amide bonds. The zero-order valence-electron chi connectivity index (χ0n) is 25.7. The number of nitrogens with zero attached hydrogens (tertiary/aromatic N) is 3. The van der Waals surface area contributed by atoms with Crippen LogP contribution in [0.5, 0.6) is 5.75 Å². The van der Waals surface area contributed by atoms with E-state index in [4.69, 9.17) is 13.9 Å². The number of hydrogen-bond donors (Lipinski definition) is 1. The van der Waals surface area contributed by atoms with Crippen LogP contribution < -0.4 is 10.1 Å². The van der Waals surface area contributed by atoms with Crippen LogP contribution in [0.4, 0.5) is 5.69 Å². The first kappa shape index (κ1) is 30.9. The number of benzene rings is 4. The van der Waals surface area contributed by atoms with E-state index in [0.29, 0.717) is 43.1 Å². The van der Waals surface area contributed by atoms with Gasteiger partial charge in [0.15, 0.2) is 5.78 Å². The average Bonchev–Trinajstić information content (AvgIpc) is 3.72. The Hall–Kier alpha value is -5.12. The molecule has 232 valence electrons. The van der Waals surface area contributed by atoms with Gasteiger partial charge in [-0.1, -0.05) is 84.1 Å². The Morgan fingerprint density at radius 1 is 0.891 bits per heavy atom. The van der Waals surface area contributed by atoms with Crippen LogP contribution in [0.1, 0.15) is 49.0 Å². The van der Waals surface area contributed by atoms with E-state index in [2.05, 4.69) is 32.6 Å². The second-order valence-electron chi connectivity index (χ2n) is 10.7. The standard InChI is InChI=1S/C37H34N4O4S/c1-25-31(39-36(45-25)28-13-7-4-8-14-28)21-22-44-29-19-17-26(18-20-29)23-33(37-41-40-34(46-37)24-43-2)38-32-16-10-9-15-30(32)35(42)27-11-5-3-6-12-27/h3-20,33,38H,21-24H2,1-2H3/t33-/m0/s1. The third kappa shape index (κ3) is 7.56. The minimum atomic E-state index is -0.228. The van der Waals surface area contributed by atoms with Crippen molar-refractivity contribution in [1.82, 2.24) is 15.2 Å². The summed E-state index contributed by atoms with van der Waals surface area (Å²) in [5.74, 6) is 2.15. The molecule has 0 unspecified atom stereocenters. The molecule has 0 aliphatic rings. The summed E-state index contributed by atoms with van der Waals surface area (Å²) in [4.78, 5) is 18.1. The molecular formula is C37H34N4O4S. The molecule has 0 saturated carbocycles. The summed E-state index contributed by atoms with van der Waals surface area (Å²) in [5.41, 5.74) is 4.90. The smallest absolute Gasteiger partial charge is 0.226 e. The molecule has 1 N–H and O–H groups in total. The number of carbonyl (C=O) groups is 1. The fourth-order valence-corrected chi connectivity index (χ4v) is 5.98. The molecule has 1 atom stereocenters. The first-order valence-electron chi connectivity index (χ1n) is 15.1. The van der Waals surface area contributed by atoms with Crippen LogP contribution >= 0.6 is 11.3 Å². The van der Waals surface area contributed by atoms with Crippen LogP contribution in [0.15, 0.2) is 114 Å². The molecule has 0 radical (unpaired) electrons. The summed E-state index contributed by atoms with van der Waals surface area (Å²) >= 11 is 1.50. The molecular weight excluding hydrogens is 596 g/mol. The van der Waals surface area contributed by atoms with Crippen molar-refractivity contribution in [1.29, 1.82) is 0 Å². The number of hydrogen-bond acceptors (Lipinski definition) is 9. The Morgan fingerprint density at radius 3 is 2.37 bits per heavy atom. The predicted molar refractivity (Wildman–Crippen MR) is 179 cm³/mol. The van der Waals surface area contributed by atoms with Gasteiger partial charge < -0.3 is 19.2 Å². The number of methoxy groups -OCH3 is 1. The maximum Gasteiger partial charge on any atom is 0.226 e. The number of aromatic nitrogens is 3. The van der Waals surface area contributed by atoms with E-state index < -0.39 is 0 Å². The number of rotatable bonds is 14. The number of nitrogens with one attached hydrogen (secondary N) is 1. The lowest BCUT2D eigenvalue weighted by atomic mass is 10.00. The molecule has 4 aromatic carbocycles. The Bertz CT molecular complexity index is 1870. The van der Waals surface area contributed by atoms with Crippen molar-refractivity contribution in [2.24, 2.45) is 0 Å². The van der Waals surface area contributed by atoms with Gasteiger partial charge in [-0.3, -0.25) is 4.79 Å². The van der Waals surface area contributed by atoms with Gasteiger partial charge in [-0.2, -0.15) is 0 Å².